The van der Waals surface area contributed by atoms with E-state index in [1.807, 2.05) is 11.8 Å². The van der Waals surface area contributed by atoms with Gasteiger partial charge < -0.3 is 16.0 Å². The van der Waals surface area contributed by atoms with Gasteiger partial charge in [0, 0.05) is 10.4 Å². The molecule has 1 fully saturated rings. The zero-order chi connectivity index (χ0) is 16.3. The molecule has 0 radical (unpaired) electrons. The summed E-state index contributed by atoms with van der Waals surface area (Å²) in [5.41, 5.74) is 10.1. The summed E-state index contributed by atoms with van der Waals surface area (Å²) in [6.07, 6.45) is 8.23. The third kappa shape index (κ3) is 4.01. The number of benzene rings is 1. The van der Waals surface area contributed by atoms with Crippen LogP contribution < -0.4 is 11.1 Å². The van der Waals surface area contributed by atoms with Crippen LogP contribution in [-0.2, 0) is 12.8 Å². The number of anilines is 1. The molecule has 3 rings (SSSR count). The van der Waals surface area contributed by atoms with Crippen molar-refractivity contribution in [1.29, 1.82) is 0 Å². The number of rotatable bonds is 4. The molecule has 0 aromatic heterocycles. The minimum absolute atomic E-state index is 0.247. The number of aliphatic imine (C=N–C) groups is 1. The van der Waals surface area contributed by atoms with Crippen molar-refractivity contribution in [3.8, 4) is 0 Å². The van der Waals surface area contributed by atoms with Gasteiger partial charge in [-0.3, -0.25) is 4.99 Å². The molecule has 0 saturated carbocycles. The Morgan fingerprint density at radius 2 is 2.04 bits per heavy atom. The van der Waals surface area contributed by atoms with E-state index in [0.717, 1.165) is 25.3 Å². The first-order valence-corrected chi connectivity index (χ1v) is 9.75. The molecule has 0 bridgehead atoms. The van der Waals surface area contributed by atoms with Crippen molar-refractivity contribution in [2.24, 2.45) is 10.7 Å². The van der Waals surface area contributed by atoms with Gasteiger partial charge in [0.1, 0.15) is 0 Å². The van der Waals surface area contributed by atoms with Crippen molar-refractivity contribution < 1.29 is 0 Å². The van der Waals surface area contributed by atoms with E-state index in [2.05, 4.69) is 46.7 Å². The van der Waals surface area contributed by atoms with Crippen LogP contribution in [0, 0.1) is 0 Å². The number of hydrogen-bond donors (Lipinski definition) is 2. The van der Waals surface area contributed by atoms with Gasteiger partial charge >= 0.3 is 0 Å². The molecule has 4 nitrogen and oxygen atoms in total. The number of aryl methyl sites for hydroxylation is 2. The normalized spacial score (nSPS) is 21.2. The van der Waals surface area contributed by atoms with Gasteiger partial charge in [-0.1, -0.05) is 6.07 Å². The fourth-order valence-corrected chi connectivity index (χ4v) is 4.30. The van der Waals surface area contributed by atoms with Gasteiger partial charge in [-0.15, -0.1) is 0 Å². The number of hydrogen-bond acceptors (Lipinski definition) is 3. The van der Waals surface area contributed by atoms with E-state index in [1.54, 1.807) is 0 Å². The summed E-state index contributed by atoms with van der Waals surface area (Å²) in [6.45, 7) is 3.09. The molecule has 1 aromatic rings. The molecule has 2 aliphatic rings. The molecule has 1 saturated heterocycles. The van der Waals surface area contributed by atoms with E-state index in [4.69, 9.17) is 5.73 Å². The molecule has 23 heavy (non-hydrogen) atoms. The van der Waals surface area contributed by atoms with Crippen molar-refractivity contribution in [1.82, 2.24) is 4.90 Å². The number of nitrogens with two attached hydrogens (primary N) is 1. The van der Waals surface area contributed by atoms with E-state index in [0.29, 0.717) is 5.96 Å². The highest BCUT2D eigenvalue weighted by Crippen LogP contribution is 2.34. The van der Waals surface area contributed by atoms with Crippen molar-refractivity contribution in [2.75, 3.05) is 38.3 Å². The van der Waals surface area contributed by atoms with Gasteiger partial charge in [-0.25, -0.2) is 0 Å². The molecule has 1 aliphatic carbocycles. The molecule has 5 heteroatoms. The highest BCUT2D eigenvalue weighted by molar-refractivity contribution is 8.00. The summed E-state index contributed by atoms with van der Waals surface area (Å²) in [6, 6.07) is 6.56. The lowest BCUT2D eigenvalue weighted by Crippen LogP contribution is -2.43. The molecule has 0 spiro atoms. The van der Waals surface area contributed by atoms with Crippen LogP contribution in [0.5, 0.6) is 0 Å². The largest absolute Gasteiger partial charge is 0.370 e. The molecule has 1 heterocycles. The standard InChI is InChI=1S/C18H28N4S/c1-22-10-8-18(23-2,9-11-22)13-20-17(19)21-16-7-6-14-4-3-5-15(14)12-16/h6-7,12H,3-5,8-11,13H2,1-2H3,(H3,19,20,21). The van der Waals surface area contributed by atoms with Gasteiger partial charge in [-0.2, -0.15) is 11.8 Å². The summed E-state index contributed by atoms with van der Waals surface area (Å²) in [4.78, 5) is 7.04. The Morgan fingerprint density at radius 1 is 1.30 bits per heavy atom. The van der Waals surface area contributed by atoms with Gasteiger partial charge in [0.05, 0.1) is 6.54 Å². The number of nitrogens with one attached hydrogen (secondary N) is 1. The van der Waals surface area contributed by atoms with Crippen LogP contribution in [0.1, 0.15) is 30.4 Å². The highest BCUT2D eigenvalue weighted by Gasteiger charge is 2.32. The second kappa shape index (κ2) is 7.14. The molecule has 0 atom stereocenters. The second-order valence-corrected chi connectivity index (χ2v) is 8.13. The van der Waals surface area contributed by atoms with Crippen LogP contribution in [0.15, 0.2) is 23.2 Å². The average Bonchev–Trinajstić information content (AvgIpc) is 3.02. The molecule has 1 aliphatic heterocycles. The lowest BCUT2D eigenvalue weighted by Gasteiger charge is -2.38. The van der Waals surface area contributed by atoms with Gasteiger partial charge in [0.2, 0.25) is 0 Å². The fourth-order valence-electron chi connectivity index (χ4n) is 3.52. The predicted octanol–water partition coefficient (Wildman–Crippen LogP) is 2.73. The summed E-state index contributed by atoms with van der Waals surface area (Å²) in [7, 11) is 2.19. The maximum atomic E-state index is 6.13. The first-order valence-electron chi connectivity index (χ1n) is 8.53. The molecule has 0 amide bonds. The van der Waals surface area contributed by atoms with Crippen LogP contribution in [-0.4, -0.2) is 48.5 Å². The highest BCUT2D eigenvalue weighted by atomic mass is 32.2. The minimum Gasteiger partial charge on any atom is -0.370 e. The van der Waals surface area contributed by atoms with E-state index >= 15 is 0 Å². The Labute approximate surface area is 143 Å². The molecule has 126 valence electrons. The van der Waals surface area contributed by atoms with E-state index in [1.165, 1.54) is 43.2 Å². The second-order valence-electron chi connectivity index (χ2n) is 6.85. The Kier molecular flexibility index (Phi) is 5.17. The molecule has 3 N–H and O–H groups in total. The summed E-state index contributed by atoms with van der Waals surface area (Å²) >= 11 is 1.94. The van der Waals surface area contributed by atoms with Crippen molar-refractivity contribution in [2.45, 2.75) is 36.9 Å². The number of likely N-dealkylation sites (tertiary alicyclic amines) is 1. The maximum absolute atomic E-state index is 6.13. The van der Waals surface area contributed by atoms with Crippen LogP contribution >= 0.6 is 11.8 Å². The Bertz CT molecular complexity index is 576. The van der Waals surface area contributed by atoms with Crippen LogP contribution in [0.2, 0.25) is 0 Å². The van der Waals surface area contributed by atoms with E-state index in [9.17, 15) is 0 Å². The topological polar surface area (TPSA) is 53.6 Å². The zero-order valence-electron chi connectivity index (χ0n) is 14.3. The number of fused-ring (bicyclic) bond motifs is 1. The first kappa shape index (κ1) is 16.7. The summed E-state index contributed by atoms with van der Waals surface area (Å²) < 4.78 is 0.247. The number of nitrogens with zero attached hydrogens (tertiary/aromatic N) is 2. The summed E-state index contributed by atoms with van der Waals surface area (Å²) in [5.74, 6) is 0.537. The molecule has 0 unspecified atom stereocenters. The lowest BCUT2D eigenvalue weighted by molar-refractivity contribution is 0.242. The monoisotopic (exact) mass is 332 g/mol. The van der Waals surface area contributed by atoms with Gasteiger partial charge in [-0.05, 0) is 81.8 Å². The quantitative estimate of drug-likeness (QED) is 0.657. The lowest BCUT2D eigenvalue weighted by atomic mass is 9.96. The van der Waals surface area contributed by atoms with Crippen LogP contribution in [0.3, 0.4) is 0 Å². The van der Waals surface area contributed by atoms with E-state index < -0.39 is 0 Å². The average molecular weight is 333 g/mol. The van der Waals surface area contributed by atoms with Crippen molar-refractivity contribution >= 4 is 23.4 Å². The zero-order valence-corrected chi connectivity index (χ0v) is 15.1. The summed E-state index contributed by atoms with van der Waals surface area (Å²) in [5, 5.41) is 3.27. The molecular formula is C18H28N4S. The fraction of sp³-hybridized carbons (Fsp3) is 0.611. The first-order chi connectivity index (χ1) is 11.1. The number of guanidine groups is 1. The van der Waals surface area contributed by atoms with Crippen LogP contribution in [0.4, 0.5) is 5.69 Å². The minimum atomic E-state index is 0.247. The van der Waals surface area contributed by atoms with Gasteiger partial charge in [0.15, 0.2) is 5.96 Å². The Hall–Kier alpha value is -1.20. The number of piperidine rings is 1. The number of thioether (sulfide) groups is 1. The maximum Gasteiger partial charge on any atom is 0.193 e. The predicted molar refractivity (Wildman–Crippen MR) is 102 cm³/mol. The smallest absolute Gasteiger partial charge is 0.193 e. The molecule has 1 aromatic carbocycles. The third-order valence-corrected chi connectivity index (χ3v) is 6.64. The SMILES string of the molecule is CSC1(CN=C(N)Nc2ccc3c(c2)CCC3)CCN(C)CC1. The van der Waals surface area contributed by atoms with E-state index in [-0.39, 0.29) is 4.75 Å². The van der Waals surface area contributed by atoms with Crippen LogP contribution in [0.25, 0.3) is 0 Å². The van der Waals surface area contributed by atoms with Crippen molar-refractivity contribution in [3.63, 3.8) is 0 Å². The molecular weight excluding hydrogens is 304 g/mol. The van der Waals surface area contributed by atoms with Crippen molar-refractivity contribution in [3.05, 3.63) is 29.3 Å². The van der Waals surface area contributed by atoms with Gasteiger partial charge in [0.25, 0.3) is 0 Å². The Balaban J connectivity index is 1.61. The Morgan fingerprint density at radius 3 is 2.78 bits per heavy atom. The third-order valence-electron chi connectivity index (χ3n) is 5.24.